The van der Waals surface area contributed by atoms with E-state index in [9.17, 15) is 30.1 Å². The van der Waals surface area contributed by atoms with Crippen molar-refractivity contribution in [3.63, 3.8) is 0 Å². The monoisotopic (exact) mass is 349 g/mol. The molecule has 1 saturated carbocycles. The molecule has 1 aliphatic carbocycles. The lowest BCUT2D eigenvalue weighted by Gasteiger charge is -2.41. The lowest BCUT2D eigenvalue weighted by molar-refractivity contribution is -0.220. The van der Waals surface area contributed by atoms with Crippen molar-refractivity contribution < 1.29 is 54.0 Å². The Morgan fingerprint density at radius 2 is 1.45 bits per heavy atom. The number of aliphatic hydroxyl groups is 7. The molecule has 0 radical (unpaired) electrons. The summed E-state index contributed by atoms with van der Waals surface area (Å²) >= 11 is 0. The van der Waals surface area contributed by atoms with Crippen LogP contribution in [-0.2, 0) is 18.2 Å². The lowest BCUT2D eigenvalue weighted by atomic mass is 9.85. The molecule has 9 N–H and O–H groups in total. The maximum Gasteiger partial charge on any atom is 0.491 e. The Morgan fingerprint density at radius 3 is 1.86 bits per heavy atom. The maximum atomic E-state index is 12.0. The zero-order chi connectivity index (χ0) is 17.1. The van der Waals surface area contributed by atoms with Crippen LogP contribution in [0.3, 0.4) is 0 Å². The van der Waals surface area contributed by atoms with Gasteiger partial charge in [-0.1, -0.05) is 0 Å². The van der Waals surface area contributed by atoms with Crippen molar-refractivity contribution in [2.45, 2.75) is 42.7 Å². The minimum absolute atomic E-state index is 0.711. The molecule has 22 heavy (non-hydrogen) atoms. The molecule has 1 fully saturated rings. The molecule has 0 spiro atoms. The van der Waals surface area contributed by atoms with Crippen LogP contribution in [0.4, 0.5) is 0 Å². The smallest absolute Gasteiger partial charge is 0.394 e. The van der Waals surface area contributed by atoms with E-state index < -0.39 is 63.8 Å². The highest BCUT2D eigenvalue weighted by molar-refractivity contribution is 7.48. The van der Waals surface area contributed by atoms with Crippen molar-refractivity contribution in [3.05, 3.63) is 0 Å². The molecule has 0 heterocycles. The van der Waals surface area contributed by atoms with Gasteiger partial charge in [-0.3, -0.25) is 9.05 Å². The molecule has 13 heteroatoms. The maximum absolute atomic E-state index is 12.0. The Bertz CT molecular complexity index is 382. The molecule has 1 unspecified atom stereocenters. The van der Waals surface area contributed by atoms with Crippen LogP contribution in [0.25, 0.3) is 0 Å². The first-order chi connectivity index (χ1) is 10.2. The van der Waals surface area contributed by atoms with Gasteiger partial charge < -0.3 is 35.7 Å². The van der Waals surface area contributed by atoms with Gasteiger partial charge in [0.15, 0.2) is 0 Å². The van der Waals surface area contributed by atoms with Crippen LogP contribution in [0.1, 0.15) is 0 Å². The molecule has 1 rings (SSSR count). The van der Waals surface area contributed by atoms with Crippen LogP contribution in [0.15, 0.2) is 0 Å². The van der Waals surface area contributed by atoms with Crippen molar-refractivity contribution >= 4 is 7.82 Å². The predicted molar refractivity (Wildman–Crippen MR) is 66.8 cm³/mol. The quantitative estimate of drug-likeness (QED) is 0.161. The van der Waals surface area contributed by atoms with Gasteiger partial charge in [-0.2, -0.15) is 0 Å². The molecule has 132 valence electrons. The highest BCUT2D eigenvalue weighted by Gasteiger charge is 2.51. The van der Waals surface area contributed by atoms with E-state index in [4.69, 9.17) is 20.6 Å². The average molecular weight is 349 g/mol. The fourth-order valence-electron chi connectivity index (χ4n) is 1.79. The number of hydrogen-bond donors (Lipinski definition) is 8. The molecule has 8 atom stereocenters. The van der Waals surface area contributed by atoms with Gasteiger partial charge in [0.1, 0.15) is 42.7 Å². The largest absolute Gasteiger partial charge is 0.491 e. The summed E-state index contributed by atoms with van der Waals surface area (Å²) < 4.78 is 25.3. The van der Waals surface area contributed by atoms with Crippen molar-refractivity contribution in [2.75, 3.05) is 13.2 Å². The fraction of sp³-hybridized carbons (Fsp3) is 1.00. The Kier molecular flexibility index (Phi) is 7.26. The second-order valence-corrected chi connectivity index (χ2v) is 6.28. The third-order valence-corrected chi connectivity index (χ3v) is 4.31. The summed E-state index contributed by atoms with van der Waals surface area (Å²) in [4.78, 5) is 0. The van der Waals surface area contributed by atoms with E-state index >= 15 is 0 Å². The third-order valence-electron chi connectivity index (χ3n) is 3.09. The number of rotatable bonds is 7. The van der Waals surface area contributed by atoms with Gasteiger partial charge >= 0.3 is 7.82 Å². The number of nitrogens with two attached hydrogens (primary N) is 1. The zero-order valence-electron chi connectivity index (χ0n) is 11.2. The Morgan fingerprint density at radius 1 is 1.00 bits per heavy atom. The summed E-state index contributed by atoms with van der Waals surface area (Å²) in [5.74, 6) is 4.74. The molecule has 0 amide bonds. The molecule has 0 aromatic heterocycles. The van der Waals surface area contributed by atoms with Crippen molar-refractivity contribution in [3.8, 4) is 0 Å². The fourth-order valence-corrected chi connectivity index (χ4v) is 2.86. The molecule has 0 bridgehead atoms. The van der Waals surface area contributed by atoms with Gasteiger partial charge in [-0.05, 0) is 0 Å². The standard InChI is InChI=1S/C9H20NO11P/c10-21-22(18,19-2-3(12)1-11)20-9-7(16)5(14)4(13)6(15)8(9)17/h3-9,11-17H,1-2,10H2/t3-,4-,5-,6+,7+,8+,9-,22?/m0/s1. The van der Waals surface area contributed by atoms with E-state index in [2.05, 4.69) is 9.15 Å². The topological polar surface area (TPSA) is 212 Å². The van der Waals surface area contributed by atoms with Crippen LogP contribution >= 0.6 is 7.82 Å². The van der Waals surface area contributed by atoms with Crippen molar-refractivity contribution in [1.82, 2.24) is 0 Å². The molecular formula is C9H20NO11P. The minimum atomic E-state index is -4.60. The van der Waals surface area contributed by atoms with E-state index in [0.29, 0.717) is 0 Å². The highest BCUT2D eigenvalue weighted by Crippen LogP contribution is 2.50. The summed E-state index contributed by atoms with van der Waals surface area (Å²) in [7, 11) is -4.60. The average Bonchev–Trinajstić information content (AvgIpc) is 2.52. The Hall–Kier alpha value is -0.210. The van der Waals surface area contributed by atoms with Crippen LogP contribution in [0.5, 0.6) is 0 Å². The first-order valence-corrected chi connectivity index (χ1v) is 7.63. The molecular weight excluding hydrogens is 329 g/mol. The van der Waals surface area contributed by atoms with Gasteiger partial charge in [0.2, 0.25) is 0 Å². The first-order valence-electron chi connectivity index (χ1n) is 6.17. The predicted octanol–water partition coefficient (Wildman–Crippen LogP) is -4.44. The summed E-state index contributed by atoms with van der Waals surface area (Å²) in [6.45, 7) is -1.43. The van der Waals surface area contributed by atoms with Crippen molar-refractivity contribution in [1.29, 1.82) is 0 Å². The lowest BCUT2D eigenvalue weighted by Crippen LogP contribution is -2.64. The molecule has 0 saturated heterocycles. The zero-order valence-corrected chi connectivity index (χ0v) is 12.1. The number of hydrogen-bond acceptors (Lipinski definition) is 12. The molecule has 0 aromatic carbocycles. The van der Waals surface area contributed by atoms with E-state index in [1.807, 2.05) is 0 Å². The van der Waals surface area contributed by atoms with E-state index in [1.165, 1.54) is 0 Å². The first kappa shape index (κ1) is 19.8. The van der Waals surface area contributed by atoms with Crippen LogP contribution < -0.4 is 5.90 Å². The molecule has 0 aromatic rings. The second-order valence-electron chi connectivity index (χ2n) is 4.71. The molecule has 0 aliphatic heterocycles. The van der Waals surface area contributed by atoms with E-state index in [0.717, 1.165) is 0 Å². The molecule has 12 nitrogen and oxygen atoms in total. The molecule has 1 aliphatic rings. The SMILES string of the molecule is NOP(=O)(OC[C@@H](O)CO)O[C@@H]1[C@H](O)[C@H](O)[C@@H](O)[C@H](O)[C@H]1O. The van der Waals surface area contributed by atoms with E-state index in [-0.39, 0.29) is 0 Å². The van der Waals surface area contributed by atoms with Crippen LogP contribution in [0.2, 0.25) is 0 Å². The Balaban J connectivity index is 2.82. The van der Waals surface area contributed by atoms with Crippen molar-refractivity contribution in [2.24, 2.45) is 5.90 Å². The number of phosphoric acid groups is 1. The van der Waals surface area contributed by atoms with Crippen LogP contribution in [0, 0.1) is 0 Å². The van der Waals surface area contributed by atoms with Gasteiger partial charge in [0, 0.05) is 0 Å². The number of phosphoric ester groups is 1. The minimum Gasteiger partial charge on any atom is -0.394 e. The summed E-state index contributed by atoms with van der Waals surface area (Å²) in [5, 5.41) is 65.5. The summed E-state index contributed by atoms with van der Waals surface area (Å²) in [6.07, 6.45) is -12.8. The van der Waals surface area contributed by atoms with Gasteiger partial charge in [-0.25, -0.2) is 15.1 Å². The number of aliphatic hydroxyl groups excluding tert-OH is 7. The third kappa shape index (κ3) is 4.41. The van der Waals surface area contributed by atoms with Gasteiger partial charge in [0.05, 0.1) is 13.2 Å². The van der Waals surface area contributed by atoms with Crippen LogP contribution in [-0.4, -0.2) is 91.7 Å². The van der Waals surface area contributed by atoms with Gasteiger partial charge in [0.25, 0.3) is 0 Å². The summed E-state index contributed by atoms with van der Waals surface area (Å²) in [5.41, 5.74) is 0. The van der Waals surface area contributed by atoms with Gasteiger partial charge in [-0.15, -0.1) is 0 Å². The Labute approximate surface area is 124 Å². The normalized spacial score (nSPS) is 40.2. The second kappa shape index (κ2) is 8.06. The summed E-state index contributed by atoms with van der Waals surface area (Å²) in [6, 6.07) is 0. The highest BCUT2D eigenvalue weighted by atomic mass is 31.2. The van der Waals surface area contributed by atoms with E-state index in [1.54, 1.807) is 0 Å².